The van der Waals surface area contributed by atoms with Crippen LogP contribution in [0.15, 0.2) is 24.3 Å². The van der Waals surface area contributed by atoms with Gasteiger partial charge in [0.05, 0.1) is 12.7 Å². The number of hydrogen-bond acceptors (Lipinski definition) is 3. The van der Waals surface area contributed by atoms with Crippen LogP contribution in [0.1, 0.15) is 46.1 Å². The second kappa shape index (κ2) is 9.06. The molecular formula is C18H31NO2. The number of rotatable bonds is 10. The summed E-state index contributed by atoms with van der Waals surface area (Å²) in [6.07, 6.45) is 2.98. The third-order valence-electron chi connectivity index (χ3n) is 4.29. The van der Waals surface area contributed by atoms with Crippen LogP contribution in [-0.2, 0) is 11.2 Å². The first kappa shape index (κ1) is 18.0. The summed E-state index contributed by atoms with van der Waals surface area (Å²) < 4.78 is 11.5. The van der Waals surface area contributed by atoms with E-state index in [1.165, 1.54) is 5.56 Å². The highest BCUT2D eigenvalue weighted by Gasteiger charge is 2.35. The standard InChI is InChI=1S/C18H31NO2/c1-6-18(7-2,21-9-4)17(19-8-3)14-15-11-10-12-16(13-15)20-5/h10-13,17,19H,6-9,14H2,1-5H3. The summed E-state index contributed by atoms with van der Waals surface area (Å²) in [6, 6.07) is 8.63. The van der Waals surface area contributed by atoms with Gasteiger partial charge in [0.2, 0.25) is 0 Å². The Morgan fingerprint density at radius 3 is 2.38 bits per heavy atom. The topological polar surface area (TPSA) is 30.5 Å². The summed E-state index contributed by atoms with van der Waals surface area (Å²) in [5.41, 5.74) is 1.18. The van der Waals surface area contributed by atoms with E-state index in [-0.39, 0.29) is 5.60 Å². The minimum Gasteiger partial charge on any atom is -0.497 e. The fourth-order valence-corrected chi connectivity index (χ4v) is 3.06. The number of hydrogen-bond donors (Lipinski definition) is 1. The van der Waals surface area contributed by atoms with Crippen molar-refractivity contribution in [3.63, 3.8) is 0 Å². The van der Waals surface area contributed by atoms with Crippen LogP contribution in [0.25, 0.3) is 0 Å². The highest BCUT2D eigenvalue weighted by Crippen LogP contribution is 2.28. The summed E-state index contributed by atoms with van der Waals surface area (Å²) >= 11 is 0. The fraction of sp³-hybridized carbons (Fsp3) is 0.667. The van der Waals surface area contributed by atoms with Gasteiger partial charge in [0.15, 0.2) is 0 Å². The Bertz CT molecular complexity index is 402. The third kappa shape index (κ3) is 4.72. The van der Waals surface area contributed by atoms with Gasteiger partial charge in [0.25, 0.3) is 0 Å². The van der Waals surface area contributed by atoms with E-state index in [9.17, 15) is 0 Å². The SMILES string of the molecule is CCNC(Cc1cccc(OC)c1)C(CC)(CC)OCC. The molecule has 1 atom stereocenters. The molecule has 0 bridgehead atoms. The first-order valence-corrected chi connectivity index (χ1v) is 8.15. The van der Waals surface area contributed by atoms with Gasteiger partial charge in [-0.15, -0.1) is 0 Å². The molecule has 1 aromatic rings. The van der Waals surface area contributed by atoms with Crippen molar-refractivity contribution in [2.75, 3.05) is 20.3 Å². The predicted octanol–water partition coefficient (Wildman–Crippen LogP) is 3.81. The van der Waals surface area contributed by atoms with Crippen molar-refractivity contribution < 1.29 is 9.47 Å². The van der Waals surface area contributed by atoms with Crippen molar-refractivity contribution >= 4 is 0 Å². The van der Waals surface area contributed by atoms with E-state index < -0.39 is 0 Å². The van der Waals surface area contributed by atoms with Crippen molar-refractivity contribution in [2.24, 2.45) is 0 Å². The lowest BCUT2D eigenvalue weighted by Gasteiger charge is -2.40. The molecule has 0 radical (unpaired) electrons. The van der Waals surface area contributed by atoms with Gasteiger partial charge in [-0.05, 0) is 50.4 Å². The molecule has 120 valence electrons. The van der Waals surface area contributed by atoms with E-state index in [0.29, 0.717) is 6.04 Å². The molecular weight excluding hydrogens is 262 g/mol. The summed E-state index contributed by atoms with van der Waals surface area (Å²) in [4.78, 5) is 0. The summed E-state index contributed by atoms with van der Waals surface area (Å²) in [5, 5.41) is 3.63. The normalized spacial score (nSPS) is 13.2. The van der Waals surface area contributed by atoms with Crippen LogP contribution >= 0.6 is 0 Å². The van der Waals surface area contributed by atoms with Crippen LogP contribution in [0, 0.1) is 0 Å². The van der Waals surface area contributed by atoms with Gasteiger partial charge < -0.3 is 14.8 Å². The Kier molecular flexibility index (Phi) is 7.76. The molecule has 0 spiro atoms. The van der Waals surface area contributed by atoms with Crippen LogP contribution in [-0.4, -0.2) is 31.9 Å². The fourth-order valence-electron chi connectivity index (χ4n) is 3.06. The van der Waals surface area contributed by atoms with Crippen molar-refractivity contribution in [1.82, 2.24) is 5.32 Å². The average Bonchev–Trinajstić information content (AvgIpc) is 2.52. The average molecular weight is 293 g/mol. The first-order chi connectivity index (χ1) is 10.2. The van der Waals surface area contributed by atoms with Crippen LogP contribution in [0.4, 0.5) is 0 Å². The summed E-state index contributed by atoms with van der Waals surface area (Å²) in [7, 11) is 1.71. The van der Waals surface area contributed by atoms with Crippen molar-refractivity contribution in [3.8, 4) is 5.75 Å². The smallest absolute Gasteiger partial charge is 0.119 e. The van der Waals surface area contributed by atoms with Crippen LogP contribution in [0.3, 0.4) is 0 Å². The summed E-state index contributed by atoms with van der Waals surface area (Å²) in [6.45, 7) is 10.4. The Balaban J connectivity index is 2.98. The molecule has 21 heavy (non-hydrogen) atoms. The van der Waals surface area contributed by atoms with Gasteiger partial charge in [-0.25, -0.2) is 0 Å². The number of methoxy groups -OCH3 is 1. The minimum absolute atomic E-state index is 0.103. The quantitative estimate of drug-likeness (QED) is 0.711. The Hall–Kier alpha value is -1.06. The maximum atomic E-state index is 6.18. The molecule has 0 aliphatic heterocycles. The molecule has 0 heterocycles. The van der Waals surface area contributed by atoms with Gasteiger partial charge in [-0.1, -0.05) is 32.9 Å². The number of ether oxygens (including phenoxy) is 2. The molecule has 0 saturated heterocycles. The van der Waals surface area contributed by atoms with Crippen molar-refractivity contribution in [3.05, 3.63) is 29.8 Å². The van der Waals surface area contributed by atoms with Crippen LogP contribution < -0.4 is 10.1 Å². The minimum atomic E-state index is -0.103. The molecule has 0 fully saturated rings. The number of likely N-dealkylation sites (N-methyl/N-ethyl adjacent to an activating group) is 1. The maximum absolute atomic E-state index is 6.18. The van der Waals surface area contributed by atoms with Crippen LogP contribution in [0.2, 0.25) is 0 Å². The second-order valence-corrected chi connectivity index (χ2v) is 5.37. The zero-order valence-corrected chi connectivity index (χ0v) is 14.2. The van der Waals surface area contributed by atoms with E-state index in [1.807, 2.05) is 6.07 Å². The monoisotopic (exact) mass is 293 g/mol. The molecule has 0 aliphatic carbocycles. The molecule has 1 unspecified atom stereocenters. The van der Waals surface area contributed by atoms with Crippen molar-refractivity contribution in [1.29, 1.82) is 0 Å². The van der Waals surface area contributed by atoms with E-state index in [4.69, 9.17) is 9.47 Å². The molecule has 1 rings (SSSR count). The van der Waals surface area contributed by atoms with E-state index in [0.717, 1.165) is 38.2 Å². The van der Waals surface area contributed by atoms with Gasteiger partial charge in [0.1, 0.15) is 5.75 Å². The van der Waals surface area contributed by atoms with Crippen molar-refractivity contribution in [2.45, 2.75) is 58.6 Å². The highest BCUT2D eigenvalue weighted by atomic mass is 16.5. The molecule has 0 aliphatic rings. The Morgan fingerprint density at radius 2 is 1.86 bits per heavy atom. The molecule has 3 heteroatoms. The molecule has 0 amide bonds. The molecule has 1 aromatic carbocycles. The predicted molar refractivity (Wildman–Crippen MR) is 89.1 cm³/mol. The lowest BCUT2D eigenvalue weighted by molar-refractivity contribution is -0.0715. The van der Waals surface area contributed by atoms with Gasteiger partial charge in [-0.2, -0.15) is 0 Å². The molecule has 3 nitrogen and oxygen atoms in total. The highest BCUT2D eigenvalue weighted by molar-refractivity contribution is 5.29. The number of benzene rings is 1. The van der Waals surface area contributed by atoms with E-state index >= 15 is 0 Å². The zero-order chi connectivity index (χ0) is 15.7. The largest absolute Gasteiger partial charge is 0.497 e. The van der Waals surface area contributed by atoms with E-state index in [2.05, 4.69) is 51.2 Å². The second-order valence-electron chi connectivity index (χ2n) is 5.37. The van der Waals surface area contributed by atoms with Crippen LogP contribution in [0.5, 0.6) is 5.75 Å². The summed E-state index contributed by atoms with van der Waals surface area (Å²) in [5.74, 6) is 0.915. The van der Waals surface area contributed by atoms with E-state index in [1.54, 1.807) is 7.11 Å². The zero-order valence-electron chi connectivity index (χ0n) is 14.2. The van der Waals surface area contributed by atoms with Gasteiger partial charge in [0, 0.05) is 12.6 Å². The first-order valence-electron chi connectivity index (χ1n) is 8.15. The molecule has 0 aromatic heterocycles. The number of nitrogens with one attached hydrogen (secondary N) is 1. The Labute approximate surface area is 130 Å². The maximum Gasteiger partial charge on any atom is 0.119 e. The third-order valence-corrected chi connectivity index (χ3v) is 4.29. The van der Waals surface area contributed by atoms with Gasteiger partial charge >= 0.3 is 0 Å². The van der Waals surface area contributed by atoms with Gasteiger partial charge in [-0.3, -0.25) is 0 Å². The lowest BCUT2D eigenvalue weighted by Crippen LogP contribution is -2.53. The molecule has 1 N–H and O–H groups in total. The lowest BCUT2D eigenvalue weighted by atomic mass is 9.84. The molecule has 0 saturated carbocycles. The Morgan fingerprint density at radius 1 is 1.14 bits per heavy atom.